The maximum Gasteiger partial charge on any atom is 0.255 e. The van der Waals surface area contributed by atoms with Gasteiger partial charge in [-0.3, -0.25) is 9.59 Å². The predicted octanol–water partition coefficient (Wildman–Crippen LogP) is 4.82. The highest BCUT2D eigenvalue weighted by Gasteiger charge is 2.38. The second-order valence-corrected chi connectivity index (χ2v) is 8.24. The number of fused-ring (bicyclic) bond motifs is 1. The Kier molecular flexibility index (Phi) is 4.32. The number of benzene rings is 2. The number of carbonyl (C=O) groups is 2. The molecule has 3 aromatic rings. The molecule has 0 radical (unpaired) electrons. The van der Waals surface area contributed by atoms with Gasteiger partial charge in [-0.1, -0.05) is 24.3 Å². The Morgan fingerprint density at radius 2 is 1.93 bits per heavy atom. The van der Waals surface area contributed by atoms with E-state index in [2.05, 4.69) is 16.7 Å². The molecule has 4 rings (SSSR count). The van der Waals surface area contributed by atoms with E-state index < -0.39 is 5.41 Å². The van der Waals surface area contributed by atoms with Crippen molar-refractivity contribution in [2.45, 2.75) is 25.7 Å². The standard InChI is InChI=1S/C22H20N2O2S/c1-22(2)18-13-15(9-10-19(18)24-21(22)26)23-20(25)17-8-4-3-6-14(17)12-16-7-5-11-27-16/h3-11,13H,12H2,1-2H3,(H,23,25)(H,24,26). The maximum atomic E-state index is 12.9. The van der Waals surface area contributed by atoms with Crippen molar-refractivity contribution in [1.29, 1.82) is 0 Å². The smallest absolute Gasteiger partial charge is 0.255 e. The molecule has 0 unspecified atom stereocenters. The summed E-state index contributed by atoms with van der Waals surface area (Å²) in [4.78, 5) is 26.2. The molecule has 0 fully saturated rings. The minimum absolute atomic E-state index is 0.0257. The van der Waals surface area contributed by atoms with Gasteiger partial charge < -0.3 is 10.6 Å². The molecular weight excluding hydrogens is 356 g/mol. The van der Waals surface area contributed by atoms with Gasteiger partial charge in [0, 0.05) is 28.2 Å². The summed E-state index contributed by atoms with van der Waals surface area (Å²) in [5.41, 5.74) is 3.45. The van der Waals surface area contributed by atoms with Crippen LogP contribution in [0.5, 0.6) is 0 Å². The van der Waals surface area contributed by atoms with Gasteiger partial charge in [-0.2, -0.15) is 0 Å². The van der Waals surface area contributed by atoms with E-state index >= 15 is 0 Å². The molecule has 2 heterocycles. The van der Waals surface area contributed by atoms with Gasteiger partial charge >= 0.3 is 0 Å². The molecule has 4 nitrogen and oxygen atoms in total. The second-order valence-electron chi connectivity index (χ2n) is 7.21. The van der Waals surface area contributed by atoms with Crippen molar-refractivity contribution in [2.75, 3.05) is 10.6 Å². The Morgan fingerprint density at radius 3 is 2.70 bits per heavy atom. The van der Waals surface area contributed by atoms with Gasteiger partial charge in [0.05, 0.1) is 5.41 Å². The molecule has 136 valence electrons. The number of hydrogen-bond acceptors (Lipinski definition) is 3. The summed E-state index contributed by atoms with van der Waals surface area (Å²) in [6, 6.07) is 17.3. The van der Waals surface area contributed by atoms with E-state index in [0.717, 1.165) is 23.2 Å². The lowest BCUT2D eigenvalue weighted by Gasteiger charge is -2.16. The first kappa shape index (κ1) is 17.5. The van der Waals surface area contributed by atoms with Gasteiger partial charge in [0.25, 0.3) is 5.91 Å². The molecule has 27 heavy (non-hydrogen) atoms. The molecule has 0 bridgehead atoms. The summed E-state index contributed by atoms with van der Waals surface area (Å²) in [6.07, 6.45) is 0.733. The van der Waals surface area contributed by atoms with Crippen molar-refractivity contribution in [1.82, 2.24) is 0 Å². The topological polar surface area (TPSA) is 58.2 Å². The lowest BCUT2D eigenvalue weighted by molar-refractivity contribution is -0.119. The number of nitrogens with one attached hydrogen (secondary N) is 2. The van der Waals surface area contributed by atoms with Crippen molar-refractivity contribution in [3.63, 3.8) is 0 Å². The van der Waals surface area contributed by atoms with Gasteiger partial charge in [-0.05, 0) is 60.7 Å². The van der Waals surface area contributed by atoms with Crippen LogP contribution in [0.25, 0.3) is 0 Å². The lowest BCUT2D eigenvalue weighted by Crippen LogP contribution is -2.27. The van der Waals surface area contributed by atoms with Crippen molar-refractivity contribution >= 4 is 34.5 Å². The van der Waals surface area contributed by atoms with E-state index in [4.69, 9.17) is 0 Å². The summed E-state index contributed by atoms with van der Waals surface area (Å²) in [5, 5.41) is 7.91. The summed E-state index contributed by atoms with van der Waals surface area (Å²) in [6.45, 7) is 3.77. The van der Waals surface area contributed by atoms with E-state index in [1.54, 1.807) is 11.3 Å². The molecule has 0 atom stereocenters. The Morgan fingerprint density at radius 1 is 1.11 bits per heavy atom. The number of thiophene rings is 1. The first-order chi connectivity index (χ1) is 12.9. The van der Waals surface area contributed by atoms with Crippen LogP contribution in [-0.4, -0.2) is 11.8 Å². The number of amides is 2. The maximum absolute atomic E-state index is 12.9. The third kappa shape index (κ3) is 3.26. The summed E-state index contributed by atoms with van der Waals surface area (Å²) >= 11 is 1.68. The Labute approximate surface area is 162 Å². The van der Waals surface area contributed by atoms with Crippen LogP contribution in [0.4, 0.5) is 11.4 Å². The molecule has 0 spiro atoms. The molecule has 2 aromatic carbocycles. The molecule has 1 aliphatic rings. The van der Waals surface area contributed by atoms with E-state index in [1.165, 1.54) is 4.88 Å². The number of anilines is 2. The van der Waals surface area contributed by atoms with Crippen LogP contribution in [0.15, 0.2) is 60.0 Å². The number of carbonyl (C=O) groups excluding carboxylic acids is 2. The van der Waals surface area contributed by atoms with Crippen LogP contribution in [0.1, 0.15) is 40.2 Å². The molecule has 0 aliphatic carbocycles. The summed E-state index contributed by atoms with van der Waals surface area (Å²) in [5.74, 6) is -0.167. The number of rotatable bonds is 4. The van der Waals surface area contributed by atoms with Crippen LogP contribution < -0.4 is 10.6 Å². The average molecular weight is 376 g/mol. The fourth-order valence-corrected chi connectivity index (χ4v) is 4.07. The lowest BCUT2D eigenvalue weighted by atomic mass is 9.86. The van der Waals surface area contributed by atoms with Crippen molar-refractivity contribution < 1.29 is 9.59 Å². The fraction of sp³-hybridized carbons (Fsp3) is 0.182. The minimum atomic E-state index is -0.604. The average Bonchev–Trinajstić information content (AvgIpc) is 3.23. The normalized spacial score (nSPS) is 14.5. The van der Waals surface area contributed by atoms with Gasteiger partial charge in [0.1, 0.15) is 0 Å². The summed E-state index contributed by atoms with van der Waals surface area (Å²) < 4.78 is 0. The minimum Gasteiger partial charge on any atom is -0.325 e. The molecule has 2 N–H and O–H groups in total. The van der Waals surface area contributed by atoms with E-state index in [9.17, 15) is 9.59 Å². The zero-order valence-corrected chi connectivity index (χ0v) is 16.0. The van der Waals surface area contributed by atoms with Crippen molar-refractivity contribution in [3.05, 3.63) is 81.5 Å². The molecule has 0 saturated carbocycles. The molecule has 0 saturated heterocycles. The van der Waals surface area contributed by atoms with Gasteiger partial charge in [0.15, 0.2) is 0 Å². The van der Waals surface area contributed by atoms with E-state index in [1.807, 2.05) is 67.8 Å². The van der Waals surface area contributed by atoms with Crippen LogP contribution in [0.2, 0.25) is 0 Å². The van der Waals surface area contributed by atoms with Crippen molar-refractivity contribution in [3.8, 4) is 0 Å². The first-order valence-electron chi connectivity index (χ1n) is 8.83. The highest BCUT2D eigenvalue weighted by Crippen LogP contribution is 2.38. The molecule has 2 amide bonds. The second kappa shape index (κ2) is 6.67. The third-order valence-corrected chi connectivity index (χ3v) is 5.85. The van der Waals surface area contributed by atoms with Crippen molar-refractivity contribution in [2.24, 2.45) is 0 Å². The van der Waals surface area contributed by atoms with E-state index in [0.29, 0.717) is 11.3 Å². The molecule has 1 aliphatic heterocycles. The zero-order chi connectivity index (χ0) is 19.0. The Bertz CT molecular complexity index is 1020. The van der Waals surface area contributed by atoms with Gasteiger partial charge in [0.2, 0.25) is 5.91 Å². The Balaban J connectivity index is 1.59. The fourth-order valence-electron chi connectivity index (χ4n) is 3.34. The van der Waals surface area contributed by atoms with Gasteiger partial charge in [-0.25, -0.2) is 0 Å². The molecule has 1 aromatic heterocycles. The van der Waals surface area contributed by atoms with E-state index in [-0.39, 0.29) is 11.8 Å². The summed E-state index contributed by atoms with van der Waals surface area (Å²) in [7, 11) is 0. The van der Waals surface area contributed by atoms with Crippen LogP contribution >= 0.6 is 11.3 Å². The zero-order valence-electron chi connectivity index (χ0n) is 15.2. The quantitative estimate of drug-likeness (QED) is 0.686. The van der Waals surface area contributed by atoms with Crippen LogP contribution in [-0.2, 0) is 16.6 Å². The van der Waals surface area contributed by atoms with Crippen LogP contribution in [0, 0.1) is 0 Å². The van der Waals surface area contributed by atoms with Gasteiger partial charge in [-0.15, -0.1) is 11.3 Å². The predicted molar refractivity (Wildman–Crippen MR) is 110 cm³/mol. The SMILES string of the molecule is CC1(C)C(=O)Nc2ccc(NC(=O)c3ccccc3Cc3cccs3)cc21. The third-order valence-electron chi connectivity index (χ3n) is 4.97. The highest BCUT2D eigenvalue weighted by molar-refractivity contribution is 7.09. The monoisotopic (exact) mass is 376 g/mol. The largest absolute Gasteiger partial charge is 0.325 e. The Hall–Kier alpha value is -2.92. The highest BCUT2D eigenvalue weighted by atomic mass is 32.1. The molecule has 5 heteroatoms. The number of hydrogen-bond donors (Lipinski definition) is 2. The molecular formula is C22H20N2O2S. The first-order valence-corrected chi connectivity index (χ1v) is 9.71. The van der Waals surface area contributed by atoms with Crippen LogP contribution in [0.3, 0.4) is 0 Å².